The summed E-state index contributed by atoms with van der Waals surface area (Å²) in [6.45, 7) is 4.41. The van der Waals surface area contributed by atoms with E-state index in [9.17, 15) is 9.65 Å². The summed E-state index contributed by atoms with van der Waals surface area (Å²) in [5.74, 6) is -1.55. The number of hydrogen-bond donors (Lipinski definition) is 3. The SMILES string of the molecule is CCNc1cc(F)c(F)c2c1[nH]c1ncc(-c3cncc(C#N)c3)c(N3CC[C@@H](CN)C3)c12. The Labute approximate surface area is 189 Å². The predicted molar refractivity (Wildman–Crippen MR) is 125 cm³/mol. The van der Waals surface area contributed by atoms with Crippen LogP contribution in [0.25, 0.3) is 33.1 Å². The molecule has 1 aliphatic rings. The van der Waals surface area contributed by atoms with Gasteiger partial charge in [-0.05, 0) is 31.9 Å². The summed E-state index contributed by atoms with van der Waals surface area (Å²) in [6, 6.07) is 5.00. The summed E-state index contributed by atoms with van der Waals surface area (Å²) in [6.07, 6.45) is 5.73. The van der Waals surface area contributed by atoms with Gasteiger partial charge >= 0.3 is 0 Å². The molecule has 0 amide bonds. The van der Waals surface area contributed by atoms with Crippen molar-refractivity contribution in [2.24, 2.45) is 11.7 Å². The summed E-state index contributed by atoms with van der Waals surface area (Å²) >= 11 is 0. The number of aromatic amines is 1. The maximum absolute atomic E-state index is 15.3. The Kier molecular flexibility index (Phi) is 5.30. The molecular formula is C24H23F2N7. The molecule has 0 aliphatic carbocycles. The minimum absolute atomic E-state index is 0.158. The number of benzene rings is 1. The maximum Gasteiger partial charge on any atom is 0.169 e. The molecule has 4 heterocycles. The van der Waals surface area contributed by atoms with E-state index < -0.39 is 11.6 Å². The highest BCUT2D eigenvalue weighted by Gasteiger charge is 2.29. The second kappa shape index (κ2) is 8.30. The summed E-state index contributed by atoms with van der Waals surface area (Å²) in [5.41, 5.74) is 9.89. The zero-order valence-corrected chi connectivity index (χ0v) is 18.1. The molecule has 7 nitrogen and oxygen atoms in total. The van der Waals surface area contributed by atoms with Crippen LogP contribution in [0.5, 0.6) is 0 Å². The number of nitriles is 1. The van der Waals surface area contributed by atoms with Crippen molar-refractivity contribution in [3.8, 4) is 17.2 Å². The van der Waals surface area contributed by atoms with Crippen molar-refractivity contribution in [1.29, 1.82) is 5.26 Å². The molecule has 0 bridgehead atoms. The molecule has 0 unspecified atom stereocenters. The molecule has 1 saturated heterocycles. The number of pyridine rings is 2. The summed E-state index contributed by atoms with van der Waals surface area (Å²) in [5, 5.41) is 13.1. The Bertz CT molecular complexity index is 1410. The van der Waals surface area contributed by atoms with Crippen molar-refractivity contribution in [2.75, 3.05) is 36.4 Å². The third-order valence-electron chi connectivity index (χ3n) is 6.25. The lowest BCUT2D eigenvalue weighted by molar-refractivity contribution is 0.518. The highest BCUT2D eigenvalue weighted by molar-refractivity contribution is 6.18. The normalized spacial score (nSPS) is 16.0. The number of nitrogens with one attached hydrogen (secondary N) is 2. The van der Waals surface area contributed by atoms with Gasteiger partial charge in [-0.3, -0.25) is 4.98 Å². The molecule has 4 aromatic rings. The first-order valence-corrected chi connectivity index (χ1v) is 10.9. The van der Waals surface area contributed by atoms with Gasteiger partial charge in [-0.25, -0.2) is 13.8 Å². The van der Waals surface area contributed by atoms with Crippen LogP contribution >= 0.6 is 0 Å². The van der Waals surface area contributed by atoms with Gasteiger partial charge in [0.1, 0.15) is 11.7 Å². The van der Waals surface area contributed by atoms with Gasteiger partial charge in [0.15, 0.2) is 11.6 Å². The van der Waals surface area contributed by atoms with Crippen molar-refractivity contribution in [3.63, 3.8) is 0 Å². The van der Waals surface area contributed by atoms with E-state index in [-0.39, 0.29) is 5.39 Å². The standard InChI is InChI=1S/C24H23F2N7/c1-2-30-18-6-17(25)21(26)19-20-23(33-4-3-13(7-27)12-33)16(11-31-24(20)32-22(18)19)15-5-14(8-28)9-29-10-15/h5-6,9-11,13,30H,2-4,7,12,27H2,1H3,(H,31,32)/t13-/m0/s1. The van der Waals surface area contributed by atoms with Gasteiger partial charge in [0, 0.05) is 55.4 Å². The molecule has 3 aromatic heterocycles. The number of rotatable bonds is 5. The van der Waals surface area contributed by atoms with Gasteiger partial charge in [0.2, 0.25) is 0 Å². The van der Waals surface area contributed by atoms with Gasteiger partial charge < -0.3 is 20.9 Å². The Balaban J connectivity index is 1.87. The average Bonchev–Trinajstić information content (AvgIpc) is 3.47. The minimum atomic E-state index is -0.926. The third kappa shape index (κ3) is 3.43. The zero-order chi connectivity index (χ0) is 23.1. The predicted octanol–water partition coefficient (Wildman–Crippen LogP) is 4.14. The minimum Gasteiger partial charge on any atom is -0.384 e. The fourth-order valence-electron chi connectivity index (χ4n) is 4.69. The van der Waals surface area contributed by atoms with Crippen LogP contribution in [0.4, 0.5) is 20.2 Å². The van der Waals surface area contributed by atoms with Crippen LogP contribution in [0.15, 0.2) is 30.7 Å². The van der Waals surface area contributed by atoms with Crippen molar-refractivity contribution in [2.45, 2.75) is 13.3 Å². The third-order valence-corrected chi connectivity index (χ3v) is 6.25. The van der Waals surface area contributed by atoms with E-state index in [0.29, 0.717) is 64.5 Å². The van der Waals surface area contributed by atoms with E-state index in [0.717, 1.165) is 24.7 Å². The maximum atomic E-state index is 15.3. The van der Waals surface area contributed by atoms with E-state index in [2.05, 4.69) is 31.2 Å². The molecule has 5 rings (SSSR count). The molecule has 1 atom stereocenters. The van der Waals surface area contributed by atoms with Gasteiger partial charge in [-0.2, -0.15) is 5.26 Å². The number of hydrogen-bond acceptors (Lipinski definition) is 6. The Morgan fingerprint density at radius 2 is 2.12 bits per heavy atom. The molecule has 33 heavy (non-hydrogen) atoms. The molecule has 1 fully saturated rings. The molecule has 0 spiro atoms. The Hall–Kier alpha value is -3.77. The number of fused-ring (bicyclic) bond motifs is 3. The lowest BCUT2D eigenvalue weighted by atomic mass is 10.0. The molecule has 1 aromatic carbocycles. The van der Waals surface area contributed by atoms with Crippen molar-refractivity contribution in [3.05, 3.63) is 47.9 Å². The fourth-order valence-corrected chi connectivity index (χ4v) is 4.69. The molecule has 4 N–H and O–H groups in total. The first-order chi connectivity index (χ1) is 16.0. The fraction of sp³-hybridized carbons (Fsp3) is 0.292. The highest BCUT2D eigenvalue weighted by Crippen LogP contribution is 2.44. The zero-order valence-electron chi connectivity index (χ0n) is 18.1. The van der Waals surface area contributed by atoms with Crippen LogP contribution < -0.4 is 16.0 Å². The van der Waals surface area contributed by atoms with Crippen molar-refractivity contribution < 1.29 is 8.78 Å². The number of nitrogens with zero attached hydrogens (tertiary/aromatic N) is 4. The van der Waals surface area contributed by atoms with Crippen LogP contribution in [0.2, 0.25) is 0 Å². The topological polar surface area (TPSA) is 107 Å². The smallest absolute Gasteiger partial charge is 0.169 e. The second-order valence-electron chi connectivity index (χ2n) is 8.28. The van der Waals surface area contributed by atoms with E-state index in [1.165, 1.54) is 6.20 Å². The first kappa shape index (κ1) is 21.1. The number of H-pyrrole nitrogens is 1. The van der Waals surface area contributed by atoms with Crippen LogP contribution in [-0.2, 0) is 0 Å². The summed E-state index contributed by atoms with van der Waals surface area (Å²) in [7, 11) is 0. The van der Waals surface area contributed by atoms with Gasteiger partial charge in [0.05, 0.1) is 33.2 Å². The highest BCUT2D eigenvalue weighted by atomic mass is 19.2. The summed E-state index contributed by atoms with van der Waals surface area (Å²) < 4.78 is 30.0. The number of aromatic nitrogens is 3. The van der Waals surface area contributed by atoms with Crippen LogP contribution in [0.3, 0.4) is 0 Å². The first-order valence-electron chi connectivity index (χ1n) is 10.9. The molecule has 1 aliphatic heterocycles. The lowest BCUT2D eigenvalue weighted by Crippen LogP contribution is -2.23. The molecule has 0 saturated carbocycles. The molecular weight excluding hydrogens is 424 g/mol. The van der Waals surface area contributed by atoms with Gasteiger partial charge in [-0.15, -0.1) is 0 Å². The van der Waals surface area contributed by atoms with Gasteiger partial charge in [-0.1, -0.05) is 0 Å². The monoisotopic (exact) mass is 447 g/mol. The van der Waals surface area contributed by atoms with Crippen molar-refractivity contribution in [1.82, 2.24) is 15.0 Å². The Morgan fingerprint density at radius 3 is 2.85 bits per heavy atom. The van der Waals surface area contributed by atoms with E-state index >= 15 is 4.39 Å². The van der Waals surface area contributed by atoms with E-state index in [1.54, 1.807) is 18.5 Å². The van der Waals surface area contributed by atoms with Gasteiger partial charge in [0.25, 0.3) is 0 Å². The van der Waals surface area contributed by atoms with Crippen LogP contribution in [0, 0.1) is 28.9 Å². The molecule has 0 radical (unpaired) electrons. The largest absolute Gasteiger partial charge is 0.384 e. The van der Waals surface area contributed by atoms with Crippen molar-refractivity contribution >= 4 is 33.3 Å². The quantitative estimate of drug-likeness (QED) is 0.424. The molecule has 9 heteroatoms. The number of nitrogens with two attached hydrogens (primary N) is 1. The summed E-state index contributed by atoms with van der Waals surface area (Å²) in [4.78, 5) is 14.1. The van der Waals surface area contributed by atoms with E-state index in [1.807, 2.05) is 6.92 Å². The van der Waals surface area contributed by atoms with Crippen LogP contribution in [0.1, 0.15) is 18.9 Å². The Morgan fingerprint density at radius 1 is 1.27 bits per heavy atom. The van der Waals surface area contributed by atoms with Crippen LogP contribution in [-0.4, -0.2) is 41.1 Å². The number of anilines is 2. The average molecular weight is 447 g/mol. The van der Waals surface area contributed by atoms with E-state index in [4.69, 9.17) is 5.73 Å². The second-order valence-corrected chi connectivity index (χ2v) is 8.28. The number of halogens is 2. The lowest BCUT2D eigenvalue weighted by Gasteiger charge is -2.23. The molecule has 168 valence electrons.